The van der Waals surface area contributed by atoms with Crippen LogP contribution in [0.5, 0.6) is 0 Å². The average molecular weight is 274 g/mol. The number of carbonyl (C=O) groups is 2. The number of rotatable bonds is 5. The Morgan fingerprint density at radius 3 is 2.58 bits per heavy atom. The predicted octanol–water partition coefficient (Wildman–Crippen LogP) is -0.302. The van der Waals surface area contributed by atoms with Crippen LogP contribution in [0.2, 0.25) is 0 Å². The van der Waals surface area contributed by atoms with Gasteiger partial charge in [0.2, 0.25) is 0 Å². The number of urea groups is 1. The number of ether oxygens (including phenoxy) is 1. The minimum absolute atomic E-state index is 0.0567. The van der Waals surface area contributed by atoms with E-state index in [0.717, 1.165) is 0 Å². The number of hydrogen-bond donors (Lipinski definition) is 2. The van der Waals surface area contributed by atoms with Crippen LogP contribution < -0.4 is 0 Å². The minimum Gasteiger partial charge on any atom is -0.481 e. The van der Waals surface area contributed by atoms with Gasteiger partial charge in [0.15, 0.2) is 0 Å². The van der Waals surface area contributed by atoms with Crippen molar-refractivity contribution >= 4 is 12.0 Å². The fourth-order valence-electron chi connectivity index (χ4n) is 2.33. The first kappa shape index (κ1) is 15.7. The molecule has 19 heavy (non-hydrogen) atoms. The number of likely N-dealkylation sites (N-methyl/N-ethyl adjacent to an activating group) is 1. The summed E-state index contributed by atoms with van der Waals surface area (Å²) in [5, 5.41) is 18.6. The number of aliphatic hydroxyl groups excluding tert-OH is 1. The normalized spacial score (nSPS) is 24.3. The number of aliphatic hydroxyl groups is 1. The third-order valence-corrected chi connectivity index (χ3v) is 3.37. The number of likely N-dealkylation sites (tertiary alicyclic amines) is 1. The van der Waals surface area contributed by atoms with Gasteiger partial charge in [-0.3, -0.25) is 4.79 Å². The molecule has 0 aliphatic carbocycles. The molecule has 1 heterocycles. The molecule has 0 aromatic carbocycles. The molecule has 0 bridgehead atoms. The lowest BCUT2D eigenvalue weighted by molar-refractivity contribution is -0.142. The highest BCUT2D eigenvalue weighted by molar-refractivity contribution is 5.77. The van der Waals surface area contributed by atoms with Crippen LogP contribution >= 0.6 is 0 Å². The number of aliphatic carboxylic acids is 1. The molecular formula is C12H22N2O5. The summed E-state index contributed by atoms with van der Waals surface area (Å²) < 4.78 is 4.80. The van der Waals surface area contributed by atoms with Crippen molar-refractivity contribution in [2.24, 2.45) is 11.8 Å². The lowest BCUT2D eigenvalue weighted by atomic mass is 9.99. The van der Waals surface area contributed by atoms with Gasteiger partial charge in [-0.05, 0) is 5.92 Å². The molecule has 1 saturated heterocycles. The Morgan fingerprint density at radius 2 is 2.11 bits per heavy atom. The SMILES string of the molecule is COCC(O)CN(C)C(=O)N1CC(C)C(C(=O)O)C1. The second-order valence-corrected chi connectivity index (χ2v) is 5.10. The Bertz CT molecular complexity index is 336. The van der Waals surface area contributed by atoms with Gasteiger partial charge in [0.1, 0.15) is 0 Å². The topological polar surface area (TPSA) is 90.3 Å². The molecule has 2 amide bonds. The fourth-order valence-corrected chi connectivity index (χ4v) is 2.33. The number of carbonyl (C=O) groups excluding carboxylic acids is 1. The Morgan fingerprint density at radius 1 is 1.47 bits per heavy atom. The number of amides is 2. The Kier molecular flexibility index (Phi) is 5.56. The van der Waals surface area contributed by atoms with E-state index in [2.05, 4.69) is 0 Å². The highest BCUT2D eigenvalue weighted by atomic mass is 16.5. The molecule has 0 saturated carbocycles. The van der Waals surface area contributed by atoms with Gasteiger partial charge in [-0.1, -0.05) is 6.92 Å². The standard InChI is InChI=1S/C12H22N2O5/c1-8-4-14(6-10(8)11(16)17)12(18)13(2)5-9(15)7-19-3/h8-10,15H,4-7H2,1-3H3,(H,16,17). The molecule has 7 heteroatoms. The van der Waals surface area contributed by atoms with Crippen molar-refractivity contribution in [1.29, 1.82) is 0 Å². The zero-order valence-corrected chi connectivity index (χ0v) is 11.6. The first-order chi connectivity index (χ1) is 8.86. The largest absolute Gasteiger partial charge is 0.481 e. The number of hydrogen-bond acceptors (Lipinski definition) is 4. The molecule has 0 aromatic heterocycles. The Balaban J connectivity index is 2.52. The fraction of sp³-hybridized carbons (Fsp3) is 0.833. The van der Waals surface area contributed by atoms with Crippen LogP contribution in [-0.4, -0.2) is 78.5 Å². The first-order valence-corrected chi connectivity index (χ1v) is 6.26. The molecule has 7 nitrogen and oxygen atoms in total. The average Bonchev–Trinajstić information content (AvgIpc) is 2.70. The van der Waals surface area contributed by atoms with E-state index in [1.165, 1.54) is 16.9 Å². The van der Waals surface area contributed by atoms with Gasteiger partial charge in [0, 0.05) is 27.2 Å². The van der Waals surface area contributed by atoms with E-state index in [-0.39, 0.29) is 31.6 Å². The van der Waals surface area contributed by atoms with E-state index in [9.17, 15) is 14.7 Å². The Hall–Kier alpha value is -1.34. The highest BCUT2D eigenvalue weighted by Gasteiger charge is 2.37. The summed E-state index contributed by atoms with van der Waals surface area (Å²) >= 11 is 0. The van der Waals surface area contributed by atoms with Crippen LogP contribution in [0.4, 0.5) is 4.79 Å². The van der Waals surface area contributed by atoms with Crippen molar-refractivity contribution < 1.29 is 24.5 Å². The maximum absolute atomic E-state index is 12.1. The van der Waals surface area contributed by atoms with Gasteiger partial charge in [0.25, 0.3) is 0 Å². The Labute approximate surface area is 112 Å². The minimum atomic E-state index is -0.870. The van der Waals surface area contributed by atoms with Crippen LogP contribution in [0.1, 0.15) is 6.92 Å². The van der Waals surface area contributed by atoms with Crippen LogP contribution in [0.25, 0.3) is 0 Å². The summed E-state index contributed by atoms with van der Waals surface area (Å²) in [5.41, 5.74) is 0. The molecule has 1 fully saturated rings. The van der Waals surface area contributed by atoms with E-state index >= 15 is 0 Å². The third-order valence-electron chi connectivity index (χ3n) is 3.37. The van der Waals surface area contributed by atoms with Crippen molar-refractivity contribution in [3.63, 3.8) is 0 Å². The monoisotopic (exact) mass is 274 g/mol. The molecule has 2 N–H and O–H groups in total. The number of carboxylic acid groups (broad SMARTS) is 1. The van der Waals surface area contributed by atoms with Crippen LogP contribution in [0.3, 0.4) is 0 Å². The smallest absolute Gasteiger partial charge is 0.319 e. The van der Waals surface area contributed by atoms with Gasteiger partial charge >= 0.3 is 12.0 Å². The molecule has 1 rings (SSSR count). The second-order valence-electron chi connectivity index (χ2n) is 5.10. The molecule has 0 radical (unpaired) electrons. The van der Waals surface area contributed by atoms with Crippen molar-refractivity contribution in [3.05, 3.63) is 0 Å². The van der Waals surface area contributed by atoms with Crippen LogP contribution in [-0.2, 0) is 9.53 Å². The second kappa shape index (κ2) is 6.72. The molecule has 110 valence electrons. The van der Waals surface area contributed by atoms with Crippen LogP contribution in [0.15, 0.2) is 0 Å². The molecule has 1 aliphatic rings. The van der Waals surface area contributed by atoms with E-state index in [1.54, 1.807) is 7.05 Å². The number of methoxy groups -OCH3 is 1. The van der Waals surface area contributed by atoms with E-state index in [4.69, 9.17) is 9.84 Å². The zero-order chi connectivity index (χ0) is 14.6. The third kappa shape index (κ3) is 4.07. The van der Waals surface area contributed by atoms with Gasteiger partial charge in [0.05, 0.1) is 25.2 Å². The lowest BCUT2D eigenvalue weighted by Gasteiger charge is -2.26. The van der Waals surface area contributed by atoms with Gasteiger partial charge in [-0.2, -0.15) is 0 Å². The summed E-state index contributed by atoms with van der Waals surface area (Å²) in [6, 6.07) is -0.259. The lowest BCUT2D eigenvalue weighted by Crippen LogP contribution is -2.44. The summed E-state index contributed by atoms with van der Waals surface area (Å²) in [5.74, 6) is -1.44. The van der Waals surface area contributed by atoms with Gasteiger partial charge < -0.3 is 24.7 Å². The van der Waals surface area contributed by atoms with E-state index < -0.39 is 18.0 Å². The molecule has 3 atom stereocenters. The molecule has 0 spiro atoms. The summed E-state index contributed by atoms with van der Waals surface area (Å²) in [6.07, 6.45) is -0.741. The summed E-state index contributed by atoms with van der Waals surface area (Å²) in [4.78, 5) is 26.0. The molecular weight excluding hydrogens is 252 g/mol. The summed E-state index contributed by atoms with van der Waals surface area (Å²) in [7, 11) is 3.06. The number of nitrogens with zero attached hydrogens (tertiary/aromatic N) is 2. The molecule has 1 aliphatic heterocycles. The predicted molar refractivity (Wildman–Crippen MR) is 67.8 cm³/mol. The molecule has 3 unspecified atom stereocenters. The highest BCUT2D eigenvalue weighted by Crippen LogP contribution is 2.23. The van der Waals surface area contributed by atoms with Crippen molar-refractivity contribution in [2.45, 2.75) is 13.0 Å². The first-order valence-electron chi connectivity index (χ1n) is 6.26. The van der Waals surface area contributed by atoms with Crippen molar-refractivity contribution in [1.82, 2.24) is 9.80 Å². The van der Waals surface area contributed by atoms with Crippen molar-refractivity contribution in [3.8, 4) is 0 Å². The van der Waals surface area contributed by atoms with Crippen LogP contribution in [0, 0.1) is 11.8 Å². The molecule has 0 aromatic rings. The van der Waals surface area contributed by atoms with Gasteiger partial charge in [-0.25, -0.2) is 4.79 Å². The quantitative estimate of drug-likeness (QED) is 0.718. The maximum Gasteiger partial charge on any atom is 0.319 e. The zero-order valence-electron chi connectivity index (χ0n) is 11.6. The maximum atomic E-state index is 12.1. The van der Waals surface area contributed by atoms with Crippen molar-refractivity contribution in [2.75, 3.05) is 40.4 Å². The van der Waals surface area contributed by atoms with E-state index in [0.29, 0.717) is 6.54 Å². The van der Waals surface area contributed by atoms with E-state index in [1.807, 2.05) is 6.92 Å². The van der Waals surface area contributed by atoms with Gasteiger partial charge in [-0.15, -0.1) is 0 Å². The summed E-state index contributed by atoms with van der Waals surface area (Å²) in [6.45, 7) is 2.80. The number of carboxylic acids is 1.